The number of nitrogens with one attached hydrogen (secondary N) is 1. The average Bonchev–Trinajstić information content (AvgIpc) is 2.72. The van der Waals surface area contributed by atoms with Crippen LogP contribution in [0.2, 0.25) is 0 Å². The van der Waals surface area contributed by atoms with Gasteiger partial charge < -0.3 is 10.4 Å². The SMILES string of the molecule is OCC1(CC2CCSC2)CCCCN1. The summed E-state index contributed by atoms with van der Waals surface area (Å²) in [4.78, 5) is 0. The van der Waals surface area contributed by atoms with Gasteiger partial charge in [0.2, 0.25) is 0 Å². The third-order valence-corrected chi connectivity index (χ3v) is 4.82. The van der Waals surface area contributed by atoms with E-state index in [4.69, 9.17) is 0 Å². The van der Waals surface area contributed by atoms with Crippen LogP contribution in [0.3, 0.4) is 0 Å². The molecular formula is C11H21NOS. The number of piperidine rings is 1. The van der Waals surface area contributed by atoms with E-state index in [2.05, 4.69) is 17.1 Å². The summed E-state index contributed by atoms with van der Waals surface area (Å²) in [6.07, 6.45) is 6.28. The van der Waals surface area contributed by atoms with Gasteiger partial charge in [0.25, 0.3) is 0 Å². The highest BCUT2D eigenvalue weighted by atomic mass is 32.2. The molecule has 3 heteroatoms. The maximum Gasteiger partial charge on any atom is 0.0613 e. The van der Waals surface area contributed by atoms with Crippen molar-refractivity contribution in [1.82, 2.24) is 5.32 Å². The molecule has 0 radical (unpaired) electrons. The van der Waals surface area contributed by atoms with Gasteiger partial charge in [-0.3, -0.25) is 0 Å². The molecule has 0 aromatic rings. The summed E-state index contributed by atoms with van der Waals surface area (Å²) in [5.41, 5.74) is 0.0772. The van der Waals surface area contributed by atoms with Crippen molar-refractivity contribution < 1.29 is 5.11 Å². The molecule has 0 bridgehead atoms. The molecule has 2 aliphatic heterocycles. The number of hydrogen-bond donors (Lipinski definition) is 2. The highest BCUT2D eigenvalue weighted by Crippen LogP contribution is 2.33. The Labute approximate surface area is 90.8 Å². The lowest BCUT2D eigenvalue weighted by Gasteiger charge is -2.38. The van der Waals surface area contributed by atoms with E-state index >= 15 is 0 Å². The third kappa shape index (κ3) is 2.44. The first-order chi connectivity index (χ1) is 6.85. The Bertz CT molecular complexity index is 174. The summed E-state index contributed by atoms with van der Waals surface area (Å²) < 4.78 is 0. The van der Waals surface area contributed by atoms with Crippen molar-refractivity contribution in [3.63, 3.8) is 0 Å². The van der Waals surface area contributed by atoms with Crippen LogP contribution in [-0.2, 0) is 0 Å². The molecule has 14 heavy (non-hydrogen) atoms. The fraction of sp³-hybridized carbons (Fsp3) is 1.00. The summed E-state index contributed by atoms with van der Waals surface area (Å²) in [5.74, 6) is 3.48. The van der Waals surface area contributed by atoms with Crippen molar-refractivity contribution in [3.05, 3.63) is 0 Å². The Morgan fingerprint density at radius 2 is 2.36 bits per heavy atom. The topological polar surface area (TPSA) is 32.3 Å². The van der Waals surface area contributed by atoms with Crippen LogP contribution in [0, 0.1) is 5.92 Å². The standard InChI is InChI=1S/C11H21NOS/c13-9-11(4-1-2-5-12-11)7-10-3-6-14-8-10/h10,12-13H,1-9H2. The van der Waals surface area contributed by atoms with E-state index in [9.17, 15) is 5.11 Å². The first kappa shape index (κ1) is 10.8. The molecule has 2 nitrogen and oxygen atoms in total. The van der Waals surface area contributed by atoms with Gasteiger partial charge in [0, 0.05) is 5.54 Å². The molecule has 0 aromatic carbocycles. The molecule has 2 aliphatic rings. The maximum atomic E-state index is 9.53. The summed E-state index contributed by atoms with van der Waals surface area (Å²) in [6.45, 7) is 1.43. The van der Waals surface area contributed by atoms with Gasteiger partial charge in [-0.1, -0.05) is 6.42 Å². The second kappa shape index (κ2) is 4.86. The van der Waals surface area contributed by atoms with E-state index in [0.717, 1.165) is 12.5 Å². The fourth-order valence-corrected chi connectivity index (χ4v) is 3.99. The molecule has 0 spiro atoms. The van der Waals surface area contributed by atoms with E-state index in [1.165, 1.54) is 43.6 Å². The Hall–Kier alpha value is 0.270. The molecule has 0 saturated carbocycles. The second-order valence-electron chi connectivity index (χ2n) is 4.76. The molecular weight excluding hydrogens is 194 g/mol. The monoisotopic (exact) mass is 215 g/mol. The minimum absolute atomic E-state index is 0.0772. The lowest BCUT2D eigenvalue weighted by Crippen LogP contribution is -2.52. The van der Waals surface area contributed by atoms with Gasteiger partial charge in [0.1, 0.15) is 0 Å². The van der Waals surface area contributed by atoms with E-state index in [1.54, 1.807) is 0 Å². The number of thioether (sulfide) groups is 1. The van der Waals surface area contributed by atoms with Crippen molar-refractivity contribution in [1.29, 1.82) is 0 Å². The van der Waals surface area contributed by atoms with Gasteiger partial charge in [0.15, 0.2) is 0 Å². The zero-order valence-electron chi connectivity index (χ0n) is 8.80. The Morgan fingerprint density at radius 1 is 1.43 bits per heavy atom. The molecule has 2 saturated heterocycles. The number of aliphatic hydroxyl groups excluding tert-OH is 1. The van der Waals surface area contributed by atoms with E-state index in [1.807, 2.05) is 0 Å². The van der Waals surface area contributed by atoms with Gasteiger partial charge >= 0.3 is 0 Å². The lowest BCUT2D eigenvalue weighted by molar-refractivity contribution is 0.110. The first-order valence-corrected chi connectivity index (χ1v) is 6.94. The van der Waals surface area contributed by atoms with Crippen molar-refractivity contribution in [3.8, 4) is 0 Å². The van der Waals surface area contributed by atoms with Crippen molar-refractivity contribution in [2.75, 3.05) is 24.7 Å². The summed E-state index contributed by atoms with van der Waals surface area (Å²) in [5, 5.41) is 13.1. The number of rotatable bonds is 3. The van der Waals surface area contributed by atoms with Crippen LogP contribution in [0.25, 0.3) is 0 Å². The molecule has 2 atom stereocenters. The van der Waals surface area contributed by atoms with E-state index in [0.29, 0.717) is 6.61 Å². The molecule has 82 valence electrons. The Morgan fingerprint density at radius 3 is 2.93 bits per heavy atom. The van der Waals surface area contributed by atoms with Gasteiger partial charge in [-0.15, -0.1) is 0 Å². The predicted octanol–water partition coefficient (Wildman–Crippen LogP) is 1.63. The molecule has 2 unspecified atom stereocenters. The minimum Gasteiger partial charge on any atom is -0.394 e. The molecule has 0 aromatic heterocycles. The molecule has 2 fully saturated rings. The average molecular weight is 215 g/mol. The quantitative estimate of drug-likeness (QED) is 0.750. The third-order valence-electron chi connectivity index (χ3n) is 3.59. The highest BCUT2D eigenvalue weighted by molar-refractivity contribution is 7.99. The minimum atomic E-state index is 0.0772. The summed E-state index contributed by atoms with van der Waals surface area (Å²) in [6, 6.07) is 0. The highest BCUT2D eigenvalue weighted by Gasteiger charge is 2.34. The van der Waals surface area contributed by atoms with Gasteiger partial charge in [0.05, 0.1) is 6.61 Å². The first-order valence-electron chi connectivity index (χ1n) is 5.78. The van der Waals surface area contributed by atoms with E-state index in [-0.39, 0.29) is 5.54 Å². The maximum absolute atomic E-state index is 9.53. The van der Waals surface area contributed by atoms with Crippen LogP contribution in [0.5, 0.6) is 0 Å². The largest absolute Gasteiger partial charge is 0.394 e. The van der Waals surface area contributed by atoms with Crippen LogP contribution < -0.4 is 5.32 Å². The Kier molecular flexibility index (Phi) is 3.74. The smallest absolute Gasteiger partial charge is 0.0613 e. The van der Waals surface area contributed by atoms with Gasteiger partial charge in [-0.25, -0.2) is 0 Å². The molecule has 2 N–H and O–H groups in total. The van der Waals surface area contributed by atoms with Crippen LogP contribution in [-0.4, -0.2) is 35.3 Å². The predicted molar refractivity (Wildman–Crippen MR) is 61.7 cm³/mol. The molecule has 2 heterocycles. The van der Waals surface area contributed by atoms with Crippen LogP contribution in [0.1, 0.15) is 32.1 Å². The van der Waals surface area contributed by atoms with E-state index < -0.39 is 0 Å². The van der Waals surface area contributed by atoms with Crippen molar-refractivity contribution in [2.24, 2.45) is 5.92 Å². The van der Waals surface area contributed by atoms with Gasteiger partial charge in [-0.05, 0) is 49.7 Å². The normalized spacial score (nSPS) is 38.8. The second-order valence-corrected chi connectivity index (χ2v) is 5.91. The molecule has 2 rings (SSSR count). The van der Waals surface area contributed by atoms with Crippen LogP contribution in [0.15, 0.2) is 0 Å². The van der Waals surface area contributed by atoms with Gasteiger partial charge in [-0.2, -0.15) is 11.8 Å². The fourth-order valence-electron chi connectivity index (χ4n) is 2.70. The summed E-state index contributed by atoms with van der Waals surface area (Å²) in [7, 11) is 0. The number of aliphatic hydroxyl groups is 1. The summed E-state index contributed by atoms with van der Waals surface area (Å²) >= 11 is 2.07. The zero-order valence-corrected chi connectivity index (χ0v) is 9.61. The molecule has 0 aliphatic carbocycles. The van der Waals surface area contributed by atoms with Crippen LogP contribution >= 0.6 is 11.8 Å². The van der Waals surface area contributed by atoms with Crippen molar-refractivity contribution in [2.45, 2.75) is 37.6 Å². The Balaban J connectivity index is 1.89. The molecule has 0 amide bonds. The lowest BCUT2D eigenvalue weighted by atomic mass is 9.81. The number of hydrogen-bond acceptors (Lipinski definition) is 3. The van der Waals surface area contributed by atoms with Crippen LogP contribution in [0.4, 0.5) is 0 Å². The zero-order chi connectivity index (χ0) is 9.86. The van der Waals surface area contributed by atoms with Crippen molar-refractivity contribution >= 4 is 11.8 Å².